The molecule has 6 rings (SSSR count). The lowest BCUT2D eigenvalue weighted by molar-refractivity contribution is -0.142. The van der Waals surface area contributed by atoms with Crippen LogP contribution in [0.1, 0.15) is 28.0 Å². The predicted molar refractivity (Wildman–Crippen MR) is 173 cm³/mol. The van der Waals surface area contributed by atoms with Crippen LogP contribution in [0.15, 0.2) is 71.7 Å². The van der Waals surface area contributed by atoms with E-state index in [1.807, 2.05) is 54.6 Å². The number of nitrogens with zero attached hydrogens (tertiary/aromatic N) is 3. The molecule has 2 saturated heterocycles. The predicted octanol–water partition coefficient (Wildman–Crippen LogP) is 0.613. The van der Waals surface area contributed by atoms with Crippen molar-refractivity contribution in [1.29, 1.82) is 0 Å². The Bertz CT molecular complexity index is 1760. The van der Waals surface area contributed by atoms with Gasteiger partial charge in [-0.15, -0.1) is 11.3 Å². The van der Waals surface area contributed by atoms with Crippen LogP contribution in [0.3, 0.4) is 0 Å². The van der Waals surface area contributed by atoms with Crippen molar-refractivity contribution in [3.63, 3.8) is 0 Å². The Balaban J connectivity index is 1.34. The maximum Gasteiger partial charge on any atom is 0.273 e. The Morgan fingerprint density at radius 3 is 2.53 bits per heavy atom. The summed E-state index contributed by atoms with van der Waals surface area (Å²) in [5.74, 6) is -2.74. The molecule has 4 heterocycles. The Hall–Kier alpha value is -5.08. The van der Waals surface area contributed by atoms with Gasteiger partial charge in [-0.3, -0.25) is 24.0 Å². The lowest BCUT2D eigenvalue weighted by Gasteiger charge is -2.30. The lowest BCUT2D eigenvalue weighted by Crippen LogP contribution is -2.57. The standard InChI is InChI=1S/C33H35N7O6S/c41-22-14-28-31(44)38-25(12-20-6-2-1-3-7-20)30(43)34-10-11-39(32(45)27-18-47-19-36-27)17-29(42)37-26(33(46)40(28)16-22)13-21-15-35-24-9-5-4-8-23(21)24/h1-9,15,18-19,22,25-26,28,35,41H,10-14,16-17H2,(H,34,43)(H,37,42)(H,38,44)/t22-,25+,26-,28+/m1/s1. The van der Waals surface area contributed by atoms with E-state index in [0.717, 1.165) is 22.0 Å². The van der Waals surface area contributed by atoms with Gasteiger partial charge in [-0.05, 0) is 17.2 Å². The number of hydrogen-bond acceptors (Lipinski definition) is 8. The number of aromatic nitrogens is 2. The normalized spacial score (nSPS) is 23.0. The van der Waals surface area contributed by atoms with Crippen molar-refractivity contribution in [3.8, 4) is 0 Å². The highest BCUT2D eigenvalue weighted by Gasteiger charge is 2.43. The minimum absolute atomic E-state index is 0.00484. The summed E-state index contributed by atoms with van der Waals surface area (Å²) < 4.78 is 0. The largest absolute Gasteiger partial charge is 0.391 e. The van der Waals surface area contributed by atoms with Crippen molar-refractivity contribution in [2.45, 2.75) is 43.5 Å². The van der Waals surface area contributed by atoms with Crippen molar-refractivity contribution in [1.82, 2.24) is 35.7 Å². The highest BCUT2D eigenvalue weighted by atomic mass is 32.1. The van der Waals surface area contributed by atoms with Crippen molar-refractivity contribution < 1.29 is 29.1 Å². The number of carbonyl (C=O) groups is 5. The van der Waals surface area contributed by atoms with Crippen LogP contribution < -0.4 is 16.0 Å². The second-order valence-electron chi connectivity index (χ2n) is 11.7. The minimum atomic E-state index is -1.12. The quantitative estimate of drug-likeness (QED) is 0.209. The Morgan fingerprint density at radius 2 is 1.74 bits per heavy atom. The number of aliphatic hydroxyl groups excluding tert-OH is 1. The van der Waals surface area contributed by atoms with Crippen molar-refractivity contribution in [2.24, 2.45) is 0 Å². The van der Waals surface area contributed by atoms with Crippen molar-refractivity contribution in [2.75, 3.05) is 26.2 Å². The first-order valence-electron chi connectivity index (χ1n) is 15.4. The van der Waals surface area contributed by atoms with Gasteiger partial charge < -0.3 is 35.8 Å². The first kappa shape index (κ1) is 31.9. The van der Waals surface area contributed by atoms with Crippen molar-refractivity contribution >= 4 is 51.8 Å². The van der Waals surface area contributed by atoms with Crippen LogP contribution in [0.25, 0.3) is 10.9 Å². The van der Waals surface area contributed by atoms with Gasteiger partial charge in [0.2, 0.25) is 23.6 Å². The topological polar surface area (TPSA) is 177 Å². The number of aromatic amines is 1. The number of hydrogen-bond donors (Lipinski definition) is 5. The zero-order chi connectivity index (χ0) is 32.9. The molecule has 13 nitrogen and oxygen atoms in total. The summed E-state index contributed by atoms with van der Waals surface area (Å²) in [7, 11) is 0. The molecule has 0 spiro atoms. The number of carbonyl (C=O) groups excluding carboxylic acids is 5. The van der Waals surface area contributed by atoms with Gasteiger partial charge in [0, 0.05) is 61.4 Å². The molecule has 2 aliphatic rings. The summed E-state index contributed by atoms with van der Waals surface area (Å²) in [5, 5.41) is 21.5. The molecule has 5 N–H and O–H groups in total. The average Bonchev–Trinajstić information content (AvgIpc) is 3.84. The molecule has 2 aromatic carbocycles. The fourth-order valence-corrected chi connectivity index (χ4v) is 6.66. The number of H-pyrrole nitrogens is 1. The molecule has 14 heteroatoms. The summed E-state index contributed by atoms with van der Waals surface area (Å²) in [6, 6.07) is 13.5. The van der Waals surface area contributed by atoms with E-state index >= 15 is 0 Å². The second-order valence-corrected chi connectivity index (χ2v) is 12.4. The van der Waals surface area contributed by atoms with Crippen LogP contribution in [0.5, 0.6) is 0 Å². The zero-order valence-corrected chi connectivity index (χ0v) is 26.2. The maximum absolute atomic E-state index is 14.2. The van der Waals surface area contributed by atoms with Crippen LogP contribution in [0.2, 0.25) is 0 Å². The minimum Gasteiger partial charge on any atom is -0.391 e. The fourth-order valence-electron chi connectivity index (χ4n) is 6.14. The van der Waals surface area contributed by atoms with Gasteiger partial charge >= 0.3 is 0 Å². The van der Waals surface area contributed by atoms with Gasteiger partial charge in [-0.2, -0.15) is 0 Å². The molecule has 2 aliphatic heterocycles. The molecule has 244 valence electrons. The number of nitrogens with one attached hydrogen (secondary N) is 4. The Morgan fingerprint density at radius 1 is 0.957 bits per heavy atom. The van der Waals surface area contributed by atoms with Crippen LogP contribution in [0.4, 0.5) is 0 Å². The second kappa shape index (κ2) is 14.1. The van der Waals surface area contributed by atoms with Crippen LogP contribution >= 0.6 is 11.3 Å². The lowest BCUT2D eigenvalue weighted by atomic mass is 10.0. The molecular weight excluding hydrogens is 622 g/mol. The third-order valence-corrected chi connectivity index (χ3v) is 9.05. The van der Waals surface area contributed by atoms with E-state index in [9.17, 15) is 29.1 Å². The van der Waals surface area contributed by atoms with E-state index in [-0.39, 0.29) is 44.6 Å². The van der Waals surface area contributed by atoms with Crippen molar-refractivity contribution in [3.05, 3.63) is 88.5 Å². The van der Waals surface area contributed by atoms with Crippen LogP contribution in [0, 0.1) is 0 Å². The van der Waals surface area contributed by atoms with Gasteiger partial charge in [0.15, 0.2) is 0 Å². The summed E-state index contributed by atoms with van der Waals surface area (Å²) in [6.07, 6.45) is 1.02. The maximum atomic E-state index is 14.2. The van der Waals surface area contributed by atoms with Gasteiger partial charge in [-0.1, -0.05) is 48.5 Å². The third kappa shape index (κ3) is 7.34. The molecule has 4 aromatic rings. The number of thiazole rings is 1. The molecule has 5 amide bonds. The number of fused-ring (bicyclic) bond motifs is 2. The van der Waals surface area contributed by atoms with Crippen LogP contribution in [-0.4, -0.2) is 105 Å². The number of para-hydroxylation sites is 1. The SMILES string of the molecule is O=C1CN(C(=O)c2cscn2)CCNC(=O)[C@H](Cc2ccccc2)NC(=O)[C@@H]2C[C@@H](O)CN2C(=O)[C@@H](Cc2c[nH]c3ccccc23)N1. The summed E-state index contributed by atoms with van der Waals surface area (Å²) in [6.45, 7) is -0.555. The van der Waals surface area contributed by atoms with E-state index < -0.39 is 60.3 Å². The molecule has 0 aliphatic carbocycles. The summed E-state index contributed by atoms with van der Waals surface area (Å²) in [5.41, 5.74) is 4.09. The van der Waals surface area contributed by atoms with E-state index in [1.54, 1.807) is 11.6 Å². The van der Waals surface area contributed by atoms with E-state index in [4.69, 9.17) is 0 Å². The molecule has 0 saturated carbocycles. The average molecular weight is 658 g/mol. The van der Waals surface area contributed by atoms with E-state index in [2.05, 4.69) is 25.9 Å². The van der Waals surface area contributed by atoms with Crippen LogP contribution in [-0.2, 0) is 32.0 Å². The third-order valence-electron chi connectivity index (χ3n) is 8.47. The van der Waals surface area contributed by atoms with Gasteiger partial charge in [-0.25, -0.2) is 4.98 Å². The highest BCUT2D eigenvalue weighted by Crippen LogP contribution is 2.24. The highest BCUT2D eigenvalue weighted by molar-refractivity contribution is 7.07. The molecule has 47 heavy (non-hydrogen) atoms. The fraction of sp³-hybridized carbons (Fsp3) is 0.333. The summed E-state index contributed by atoms with van der Waals surface area (Å²) >= 11 is 1.23. The molecule has 2 fully saturated rings. The zero-order valence-electron chi connectivity index (χ0n) is 25.4. The molecular formula is C33H35N7O6S. The van der Waals surface area contributed by atoms with E-state index in [1.165, 1.54) is 26.6 Å². The van der Waals surface area contributed by atoms with E-state index in [0.29, 0.717) is 0 Å². The Labute approximate surface area is 274 Å². The molecule has 0 radical (unpaired) electrons. The summed E-state index contributed by atoms with van der Waals surface area (Å²) in [4.78, 5) is 78.2. The molecule has 2 aromatic heterocycles. The van der Waals surface area contributed by atoms with Gasteiger partial charge in [0.1, 0.15) is 23.8 Å². The smallest absolute Gasteiger partial charge is 0.273 e. The molecule has 0 unspecified atom stereocenters. The molecule has 4 atom stereocenters. The number of amides is 5. The number of rotatable bonds is 5. The monoisotopic (exact) mass is 657 g/mol. The number of benzene rings is 2. The first-order valence-corrected chi connectivity index (χ1v) is 16.3. The number of aliphatic hydroxyl groups is 1. The first-order chi connectivity index (χ1) is 22.8. The Kier molecular flexibility index (Phi) is 9.59. The molecule has 0 bridgehead atoms. The van der Waals surface area contributed by atoms with Gasteiger partial charge in [0.25, 0.3) is 5.91 Å². The van der Waals surface area contributed by atoms with Gasteiger partial charge in [0.05, 0.1) is 18.2 Å².